The molecule has 0 aliphatic rings. The molecule has 1 heterocycles. The quantitative estimate of drug-likeness (QED) is 0.716. The van der Waals surface area contributed by atoms with Crippen molar-refractivity contribution in [3.8, 4) is 5.75 Å². The van der Waals surface area contributed by atoms with Gasteiger partial charge in [0.15, 0.2) is 0 Å². The van der Waals surface area contributed by atoms with Gasteiger partial charge in [-0.3, -0.25) is 0 Å². The Hall–Kier alpha value is -1.84. The minimum Gasteiger partial charge on any atom is -0.484 e. The Kier molecular flexibility index (Phi) is 4.53. The molecule has 3 rings (SSSR count). The number of hydrogen-bond acceptors (Lipinski definition) is 3. The second kappa shape index (κ2) is 6.74. The zero-order chi connectivity index (χ0) is 14.5. The predicted octanol–water partition coefficient (Wildman–Crippen LogP) is 4.63. The molecule has 2 nitrogen and oxygen atoms in total. The van der Waals surface area contributed by atoms with E-state index in [1.165, 1.54) is 15.6 Å². The van der Waals surface area contributed by atoms with Crippen molar-refractivity contribution in [1.29, 1.82) is 0 Å². The Balaban J connectivity index is 1.90. The van der Waals surface area contributed by atoms with Crippen LogP contribution in [0.5, 0.6) is 5.75 Å². The highest BCUT2D eigenvalue weighted by molar-refractivity contribution is 7.10. The van der Waals surface area contributed by atoms with Gasteiger partial charge in [0.1, 0.15) is 11.9 Å². The Bertz CT molecular complexity index is 688. The number of ether oxygens (including phenoxy) is 1. The molecular formula is C18H19NOS. The normalized spacial score (nSPS) is 12.4. The molecule has 0 saturated carbocycles. The van der Waals surface area contributed by atoms with E-state index in [4.69, 9.17) is 4.74 Å². The van der Waals surface area contributed by atoms with Gasteiger partial charge < -0.3 is 10.1 Å². The van der Waals surface area contributed by atoms with E-state index >= 15 is 0 Å². The second-order valence-corrected chi connectivity index (χ2v) is 5.97. The SMILES string of the molecule is CNCC[14C@H](Oc1cccc2ccccc12)c1cccs1. The summed E-state index contributed by atoms with van der Waals surface area (Å²) in [5.74, 6) is 0.961. The number of thiophene rings is 1. The van der Waals surface area contributed by atoms with E-state index in [9.17, 15) is 0 Å². The predicted molar refractivity (Wildman–Crippen MR) is 90.2 cm³/mol. The summed E-state index contributed by atoms with van der Waals surface area (Å²) >= 11 is 1.75. The highest BCUT2D eigenvalue weighted by Gasteiger charge is 2.15. The molecule has 0 unspecified atom stereocenters. The maximum Gasteiger partial charge on any atom is 0.134 e. The fraction of sp³-hybridized carbons (Fsp3) is 0.222. The number of benzene rings is 2. The van der Waals surface area contributed by atoms with Crippen LogP contribution in [0.25, 0.3) is 10.8 Å². The Labute approximate surface area is 129 Å². The summed E-state index contributed by atoms with van der Waals surface area (Å²) < 4.78 is 6.34. The third-order valence-electron chi connectivity index (χ3n) is 3.54. The van der Waals surface area contributed by atoms with E-state index < -0.39 is 0 Å². The Morgan fingerprint density at radius 2 is 1.90 bits per heavy atom. The van der Waals surface area contributed by atoms with Gasteiger partial charge in [-0.1, -0.05) is 42.5 Å². The van der Waals surface area contributed by atoms with E-state index in [2.05, 4.69) is 65.3 Å². The van der Waals surface area contributed by atoms with Crippen LogP contribution in [0.3, 0.4) is 0 Å². The van der Waals surface area contributed by atoms with E-state index in [0.29, 0.717) is 0 Å². The molecule has 108 valence electrons. The molecule has 0 saturated heterocycles. The molecule has 1 aromatic heterocycles. The number of rotatable bonds is 6. The molecule has 2 aromatic carbocycles. The molecule has 1 atom stereocenters. The first-order valence-electron chi connectivity index (χ1n) is 7.21. The lowest BCUT2D eigenvalue weighted by Crippen LogP contribution is -2.15. The lowest BCUT2D eigenvalue weighted by molar-refractivity contribution is 0.201. The zero-order valence-corrected chi connectivity index (χ0v) is 12.9. The average molecular weight is 299 g/mol. The van der Waals surface area contributed by atoms with Gasteiger partial charge in [0.2, 0.25) is 0 Å². The van der Waals surface area contributed by atoms with Crippen LogP contribution < -0.4 is 10.1 Å². The number of fused-ring (bicyclic) bond motifs is 1. The molecule has 0 aliphatic heterocycles. The second-order valence-electron chi connectivity index (χ2n) is 4.99. The van der Waals surface area contributed by atoms with Crippen LogP contribution in [-0.2, 0) is 0 Å². The van der Waals surface area contributed by atoms with Crippen LogP contribution in [0.1, 0.15) is 17.4 Å². The molecule has 0 radical (unpaired) electrons. The first-order chi connectivity index (χ1) is 10.4. The molecule has 3 aromatic rings. The molecule has 0 fully saturated rings. The lowest BCUT2D eigenvalue weighted by atomic mass is 10.1. The van der Waals surface area contributed by atoms with Gasteiger partial charge in [0.25, 0.3) is 0 Å². The third-order valence-corrected chi connectivity index (χ3v) is 4.50. The van der Waals surface area contributed by atoms with Crippen molar-refractivity contribution in [3.63, 3.8) is 0 Å². The van der Waals surface area contributed by atoms with Crippen molar-refractivity contribution in [3.05, 3.63) is 64.9 Å². The zero-order valence-electron chi connectivity index (χ0n) is 12.1. The van der Waals surface area contributed by atoms with Gasteiger partial charge >= 0.3 is 0 Å². The van der Waals surface area contributed by atoms with Crippen molar-refractivity contribution >= 4 is 22.1 Å². The molecule has 0 bridgehead atoms. The highest BCUT2D eigenvalue weighted by atomic mass is 32.1. The molecule has 0 spiro atoms. The van der Waals surface area contributed by atoms with Crippen molar-refractivity contribution in [2.75, 3.05) is 13.6 Å². The van der Waals surface area contributed by atoms with E-state index in [1.807, 2.05) is 7.05 Å². The summed E-state index contributed by atoms with van der Waals surface area (Å²) in [4.78, 5) is 1.28. The molecule has 1 N–H and O–H groups in total. The van der Waals surface area contributed by atoms with Crippen molar-refractivity contribution in [2.45, 2.75) is 12.5 Å². The Morgan fingerprint density at radius 3 is 2.71 bits per heavy atom. The van der Waals surface area contributed by atoms with Gasteiger partial charge in [0, 0.05) is 16.7 Å². The topological polar surface area (TPSA) is 21.3 Å². The molecule has 0 amide bonds. The first kappa shape index (κ1) is 14.1. The number of nitrogens with one attached hydrogen (secondary N) is 1. The van der Waals surface area contributed by atoms with Gasteiger partial charge in [-0.2, -0.15) is 0 Å². The van der Waals surface area contributed by atoms with Crippen LogP contribution in [0.15, 0.2) is 60.0 Å². The van der Waals surface area contributed by atoms with Crippen LogP contribution in [0.2, 0.25) is 0 Å². The molecular weight excluding hydrogens is 280 g/mol. The van der Waals surface area contributed by atoms with Crippen molar-refractivity contribution in [1.82, 2.24) is 5.32 Å². The number of hydrogen-bond donors (Lipinski definition) is 1. The standard InChI is InChI=1S/C18H19NOS/c1-19-12-11-17(18-10-5-13-21-18)20-16-9-4-7-14-6-2-3-8-15(14)16/h2-10,13,17,19H,11-12H2,1H3/t17-/m0/s1/i17+2. The summed E-state index contributed by atoms with van der Waals surface area (Å²) in [6.45, 7) is 0.938. The summed E-state index contributed by atoms with van der Waals surface area (Å²) in [5, 5.41) is 7.70. The molecule has 0 aliphatic carbocycles. The minimum atomic E-state index is 0.100. The smallest absolute Gasteiger partial charge is 0.134 e. The summed E-state index contributed by atoms with van der Waals surface area (Å²) in [6.07, 6.45) is 1.06. The molecule has 21 heavy (non-hydrogen) atoms. The van der Waals surface area contributed by atoms with Gasteiger partial charge in [0.05, 0.1) is 0 Å². The van der Waals surface area contributed by atoms with Gasteiger partial charge in [-0.15, -0.1) is 11.3 Å². The summed E-state index contributed by atoms with van der Waals surface area (Å²) in [6, 6.07) is 18.8. The monoisotopic (exact) mass is 299 g/mol. The van der Waals surface area contributed by atoms with E-state index in [-0.39, 0.29) is 6.10 Å². The van der Waals surface area contributed by atoms with Gasteiger partial charge in [-0.25, -0.2) is 0 Å². The van der Waals surface area contributed by atoms with Crippen molar-refractivity contribution in [2.24, 2.45) is 0 Å². The highest BCUT2D eigenvalue weighted by Crippen LogP contribution is 2.32. The van der Waals surface area contributed by atoms with Crippen LogP contribution in [-0.4, -0.2) is 13.6 Å². The fourth-order valence-corrected chi connectivity index (χ4v) is 3.25. The van der Waals surface area contributed by atoms with E-state index in [1.54, 1.807) is 11.3 Å². The summed E-state index contributed by atoms with van der Waals surface area (Å²) in [7, 11) is 1.98. The van der Waals surface area contributed by atoms with Crippen LogP contribution in [0, 0.1) is 0 Å². The third kappa shape index (κ3) is 3.26. The largest absolute Gasteiger partial charge is 0.484 e. The van der Waals surface area contributed by atoms with Crippen LogP contribution in [0.4, 0.5) is 0 Å². The van der Waals surface area contributed by atoms with E-state index in [0.717, 1.165) is 18.7 Å². The average Bonchev–Trinajstić information content (AvgIpc) is 3.06. The summed E-state index contributed by atoms with van der Waals surface area (Å²) in [5.41, 5.74) is 0. The van der Waals surface area contributed by atoms with Gasteiger partial charge in [-0.05, 0) is 36.5 Å². The maximum absolute atomic E-state index is 6.34. The van der Waals surface area contributed by atoms with Crippen LogP contribution >= 0.6 is 11.3 Å². The Morgan fingerprint density at radius 1 is 1.05 bits per heavy atom. The van der Waals surface area contributed by atoms with Crippen molar-refractivity contribution < 1.29 is 4.74 Å². The lowest BCUT2D eigenvalue weighted by Gasteiger charge is -2.19. The minimum absolute atomic E-state index is 0.100. The molecule has 3 heteroatoms. The maximum atomic E-state index is 6.34. The first-order valence-corrected chi connectivity index (χ1v) is 8.09. The fourth-order valence-electron chi connectivity index (χ4n) is 2.46.